The molecular weight excluding hydrogens is 250 g/mol. The van der Waals surface area contributed by atoms with Crippen molar-refractivity contribution >= 4 is 0 Å². The Morgan fingerprint density at radius 3 is 2.60 bits per heavy atom. The van der Waals surface area contributed by atoms with E-state index in [4.69, 9.17) is 5.10 Å². The van der Waals surface area contributed by atoms with Gasteiger partial charge in [-0.25, -0.2) is 0 Å². The number of aromatic nitrogens is 2. The van der Waals surface area contributed by atoms with Crippen molar-refractivity contribution in [1.29, 1.82) is 0 Å². The van der Waals surface area contributed by atoms with E-state index in [2.05, 4.69) is 36.1 Å². The molecule has 2 saturated heterocycles. The molecule has 2 aliphatic heterocycles. The van der Waals surface area contributed by atoms with Gasteiger partial charge in [0.05, 0.1) is 17.3 Å². The van der Waals surface area contributed by atoms with Gasteiger partial charge in [-0.15, -0.1) is 0 Å². The lowest BCUT2D eigenvalue weighted by atomic mass is 9.84. The van der Waals surface area contributed by atoms with E-state index in [1.165, 1.54) is 12.8 Å². The molecule has 3 atom stereocenters. The SMILES string of the molecule is CCC(CC)n1ccc(CC2(O)C[C@H]3CC[C@@H](C2)N3)n1. The van der Waals surface area contributed by atoms with Crippen molar-refractivity contribution in [3.8, 4) is 0 Å². The third kappa shape index (κ3) is 2.77. The fourth-order valence-corrected chi connectivity index (χ4v) is 4.04. The van der Waals surface area contributed by atoms with Gasteiger partial charge in [-0.05, 0) is 44.6 Å². The third-order valence-corrected chi connectivity index (χ3v) is 5.08. The van der Waals surface area contributed by atoms with Gasteiger partial charge < -0.3 is 10.4 Å². The maximum atomic E-state index is 10.9. The summed E-state index contributed by atoms with van der Waals surface area (Å²) in [6.07, 6.45) is 9.18. The highest BCUT2D eigenvalue weighted by Crippen LogP contribution is 2.35. The first-order valence-electron chi connectivity index (χ1n) is 8.14. The molecule has 1 aromatic rings. The summed E-state index contributed by atoms with van der Waals surface area (Å²) in [6.45, 7) is 4.40. The minimum Gasteiger partial charge on any atom is -0.389 e. The molecule has 112 valence electrons. The van der Waals surface area contributed by atoms with Gasteiger partial charge in [0.15, 0.2) is 0 Å². The highest BCUT2D eigenvalue weighted by Gasteiger charge is 2.42. The van der Waals surface area contributed by atoms with Crippen molar-refractivity contribution in [3.63, 3.8) is 0 Å². The average molecular weight is 277 g/mol. The van der Waals surface area contributed by atoms with Crippen LogP contribution in [-0.2, 0) is 6.42 Å². The summed E-state index contributed by atoms with van der Waals surface area (Å²) in [5, 5.41) is 19.2. The zero-order valence-corrected chi connectivity index (χ0v) is 12.7. The van der Waals surface area contributed by atoms with Crippen molar-refractivity contribution in [2.24, 2.45) is 0 Å². The molecule has 1 unspecified atom stereocenters. The Hall–Kier alpha value is -0.870. The van der Waals surface area contributed by atoms with Crippen molar-refractivity contribution < 1.29 is 5.11 Å². The maximum Gasteiger partial charge on any atom is 0.0733 e. The molecule has 4 heteroatoms. The number of aliphatic hydroxyl groups is 1. The fraction of sp³-hybridized carbons (Fsp3) is 0.812. The van der Waals surface area contributed by atoms with E-state index in [0.29, 0.717) is 24.5 Å². The van der Waals surface area contributed by atoms with Gasteiger partial charge in [-0.1, -0.05) is 13.8 Å². The molecule has 2 bridgehead atoms. The van der Waals surface area contributed by atoms with Crippen molar-refractivity contribution in [3.05, 3.63) is 18.0 Å². The standard InChI is InChI=1S/C16H27N3O/c1-3-15(4-2)19-8-7-14(18-19)11-16(20)9-12-5-6-13(10-16)17-12/h7-8,12-13,15,17,20H,3-6,9-11H2,1-2H3/t12-,13+,16?. The van der Waals surface area contributed by atoms with Crippen LogP contribution in [0.1, 0.15) is 64.1 Å². The quantitative estimate of drug-likeness (QED) is 0.869. The minimum absolute atomic E-state index is 0.489. The Bertz CT molecular complexity index is 440. The topological polar surface area (TPSA) is 50.1 Å². The zero-order valence-electron chi connectivity index (χ0n) is 12.7. The summed E-state index contributed by atoms with van der Waals surface area (Å²) < 4.78 is 2.08. The molecule has 0 amide bonds. The molecule has 2 fully saturated rings. The van der Waals surface area contributed by atoms with Crippen LogP contribution in [-0.4, -0.2) is 32.6 Å². The second-order valence-electron chi connectivity index (χ2n) is 6.70. The van der Waals surface area contributed by atoms with Crippen LogP contribution >= 0.6 is 0 Å². The van der Waals surface area contributed by atoms with E-state index >= 15 is 0 Å². The van der Waals surface area contributed by atoms with E-state index in [1.54, 1.807) is 0 Å². The molecule has 3 rings (SSSR count). The number of hydrogen-bond donors (Lipinski definition) is 2. The van der Waals surface area contributed by atoms with Crippen LogP contribution in [0.2, 0.25) is 0 Å². The molecule has 2 aliphatic rings. The van der Waals surface area contributed by atoms with Crippen LogP contribution < -0.4 is 5.32 Å². The summed E-state index contributed by atoms with van der Waals surface area (Å²) in [5.74, 6) is 0. The normalized spacial score (nSPS) is 33.0. The lowest BCUT2D eigenvalue weighted by Gasteiger charge is -2.36. The van der Waals surface area contributed by atoms with Gasteiger partial charge in [0.25, 0.3) is 0 Å². The first-order chi connectivity index (χ1) is 9.62. The van der Waals surface area contributed by atoms with Gasteiger partial charge in [0, 0.05) is 24.7 Å². The molecular formula is C16H27N3O. The monoisotopic (exact) mass is 277 g/mol. The summed E-state index contributed by atoms with van der Waals surface area (Å²) in [6, 6.07) is 3.60. The maximum absolute atomic E-state index is 10.9. The second-order valence-corrected chi connectivity index (χ2v) is 6.70. The lowest BCUT2D eigenvalue weighted by Crippen LogP contribution is -2.49. The molecule has 0 aliphatic carbocycles. The van der Waals surface area contributed by atoms with Crippen LogP contribution in [0.4, 0.5) is 0 Å². The summed E-state index contributed by atoms with van der Waals surface area (Å²) in [7, 11) is 0. The average Bonchev–Trinajstić information content (AvgIpc) is 2.98. The third-order valence-electron chi connectivity index (χ3n) is 5.08. The number of hydrogen-bond acceptors (Lipinski definition) is 3. The Morgan fingerprint density at radius 1 is 1.35 bits per heavy atom. The van der Waals surface area contributed by atoms with E-state index in [0.717, 1.165) is 31.4 Å². The van der Waals surface area contributed by atoms with Gasteiger partial charge in [-0.3, -0.25) is 4.68 Å². The molecule has 0 saturated carbocycles. The van der Waals surface area contributed by atoms with Crippen LogP contribution in [0.5, 0.6) is 0 Å². The molecule has 4 nitrogen and oxygen atoms in total. The van der Waals surface area contributed by atoms with Crippen LogP contribution in [0, 0.1) is 0 Å². The molecule has 0 aromatic carbocycles. The molecule has 0 radical (unpaired) electrons. The highest BCUT2D eigenvalue weighted by molar-refractivity contribution is 5.09. The van der Waals surface area contributed by atoms with Crippen molar-refractivity contribution in [2.45, 2.75) is 82.5 Å². The van der Waals surface area contributed by atoms with E-state index in [-0.39, 0.29) is 0 Å². The molecule has 1 aromatic heterocycles. The van der Waals surface area contributed by atoms with Gasteiger partial charge in [0.2, 0.25) is 0 Å². The number of rotatable bonds is 5. The van der Waals surface area contributed by atoms with E-state index < -0.39 is 5.60 Å². The van der Waals surface area contributed by atoms with Crippen molar-refractivity contribution in [1.82, 2.24) is 15.1 Å². The first kappa shape index (κ1) is 14.1. The van der Waals surface area contributed by atoms with E-state index in [9.17, 15) is 5.11 Å². The van der Waals surface area contributed by atoms with E-state index in [1.807, 2.05) is 0 Å². The summed E-state index contributed by atoms with van der Waals surface area (Å²) >= 11 is 0. The number of nitrogens with one attached hydrogen (secondary N) is 1. The van der Waals surface area contributed by atoms with Gasteiger partial charge in [-0.2, -0.15) is 5.10 Å². The minimum atomic E-state index is -0.551. The van der Waals surface area contributed by atoms with Crippen LogP contribution in [0.3, 0.4) is 0 Å². The first-order valence-corrected chi connectivity index (χ1v) is 8.14. The molecule has 3 heterocycles. The zero-order chi connectivity index (χ0) is 14.2. The largest absolute Gasteiger partial charge is 0.389 e. The highest BCUT2D eigenvalue weighted by atomic mass is 16.3. The lowest BCUT2D eigenvalue weighted by molar-refractivity contribution is -0.00700. The molecule has 0 spiro atoms. The predicted molar refractivity (Wildman–Crippen MR) is 79.7 cm³/mol. The predicted octanol–water partition coefficient (Wildman–Crippen LogP) is 2.43. The summed E-state index contributed by atoms with van der Waals surface area (Å²) in [5.41, 5.74) is 0.491. The van der Waals surface area contributed by atoms with Gasteiger partial charge >= 0.3 is 0 Å². The number of nitrogens with zero attached hydrogens (tertiary/aromatic N) is 2. The summed E-state index contributed by atoms with van der Waals surface area (Å²) in [4.78, 5) is 0. The van der Waals surface area contributed by atoms with Gasteiger partial charge in [0.1, 0.15) is 0 Å². The smallest absolute Gasteiger partial charge is 0.0733 e. The Kier molecular flexibility index (Phi) is 3.87. The Morgan fingerprint density at radius 2 is 2.00 bits per heavy atom. The number of fused-ring (bicyclic) bond motifs is 2. The molecule has 20 heavy (non-hydrogen) atoms. The second kappa shape index (κ2) is 5.49. The van der Waals surface area contributed by atoms with Crippen molar-refractivity contribution in [2.75, 3.05) is 0 Å². The van der Waals surface area contributed by atoms with Crippen LogP contribution in [0.25, 0.3) is 0 Å². The fourth-order valence-electron chi connectivity index (χ4n) is 4.04. The Labute approximate surface area is 121 Å². The number of piperidine rings is 1. The molecule has 2 N–H and O–H groups in total. The van der Waals surface area contributed by atoms with Crippen LogP contribution in [0.15, 0.2) is 12.3 Å². The Balaban J connectivity index is 1.68.